The van der Waals surface area contributed by atoms with Crippen molar-refractivity contribution >= 4 is 15.9 Å². The van der Waals surface area contributed by atoms with E-state index in [1.54, 1.807) is 17.9 Å². The number of carbonyl (C=O) groups excluding carboxylic acids is 1. The molecule has 0 aromatic heterocycles. The molecule has 116 valence electrons. The first-order chi connectivity index (χ1) is 9.82. The number of aryl methyl sites for hydroxylation is 1. The summed E-state index contributed by atoms with van der Waals surface area (Å²) in [7, 11) is -3.82. The average molecular weight is 312 g/mol. The molecule has 1 saturated heterocycles. The van der Waals surface area contributed by atoms with Gasteiger partial charge < -0.3 is 9.64 Å². The molecular formula is C14H20N2O4S. The number of carbonyl (C=O) groups is 1. The Hall–Kier alpha value is -1.44. The van der Waals surface area contributed by atoms with Gasteiger partial charge >= 0.3 is 0 Å². The second-order valence-corrected chi connectivity index (χ2v) is 6.74. The molecule has 0 bridgehead atoms. The zero-order chi connectivity index (χ0) is 15.6. The van der Waals surface area contributed by atoms with Gasteiger partial charge in [0.25, 0.3) is 5.91 Å². The number of amides is 1. The highest BCUT2D eigenvalue weighted by atomic mass is 32.2. The van der Waals surface area contributed by atoms with Gasteiger partial charge in [-0.2, -0.15) is 0 Å². The minimum Gasteiger partial charge on any atom is -0.375 e. The van der Waals surface area contributed by atoms with Crippen molar-refractivity contribution in [2.75, 3.05) is 19.7 Å². The van der Waals surface area contributed by atoms with Crippen LogP contribution in [0, 0.1) is 6.92 Å². The van der Waals surface area contributed by atoms with Crippen LogP contribution < -0.4 is 5.14 Å². The summed E-state index contributed by atoms with van der Waals surface area (Å²) in [5.74, 6) is -0.181. The van der Waals surface area contributed by atoms with Crippen molar-refractivity contribution in [1.29, 1.82) is 0 Å². The standard InChI is InChI=1S/C14H20N2O4S/c1-3-11-9-16(6-7-20-11)14(17)13-8-12(21(15,18)19)5-4-10(13)2/h4-5,8,11H,3,6-7,9H2,1-2H3,(H2,15,18,19)/t11-/m1/s1. The minimum absolute atomic E-state index is 0.0319. The summed E-state index contributed by atoms with van der Waals surface area (Å²) in [6.07, 6.45) is 0.865. The van der Waals surface area contributed by atoms with Crippen LogP contribution in [0.5, 0.6) is 0 Å². The van der Waals surface area contributed by atoms with Crippen molar-refractivity contribution in [3.63, 3.8) is 0 Å². The van der Waals surface area contributed by atoms with E-state index >= 15 is 0 Å². The fourth-order valence-electron chi connectivity index (χ4n) is 2.33. The van der Waals surface area contributed by atoms with E-state index in [2.05, 4.69) is 0 Å². The van der Waals surface area contributed by atoms with Gasteiger partial charge in [-0.3, -0.25) is 4.79 Å². The fraction of sp³-hybridized carbons (Fsp3) is 0.500. The van der Waals surface area contributed by atoms with Crippen LogP contribution in [-0.2, 0) is 14.8 Å². The van der Waals surface area contributed by atoms with Crippen LogP contribution in [0.1, 0.15) is 29.3 Å². The molecule has 21 heavy (non-hydrogen) atoms. The first-order valence-electron chi connectivity index (χ1n) is 6.87. The van der Waals surface area contributed by atoms with Gasteiger partial charge in [0.1, 0.15) is 0 Å². The third-order valence-corrected chi connectivity index (χ3v) is 4.56. The smallest absolute Gasteiger partial charge is 0.254 e. The fourth-order valence-corrected chi connectivity index (χ4v) is 2.87. The number of hydrogen-bond acceptors (Lipinski definition) is 4. The van der Waals surface area contributed by atoms with Crippen molar-refractivity contribution in [2.24, 2.45) is 5.14 Å². The molecule has 0 radical (unpaired) electrons. The maximum absolute atomic E-state index is 12.6. The topological polar surface area (TPSA) is 89.7 Å². The summed E-state index contributed by atoms with van der Waals surface area (Å²) in [4.78, 5) is 14.3. The van der Waals surface area contributed by atoms with Crippen LogP contribution in [0.25, 0.3) is 0 Å². The van der Waals surface area contributed by atoms with Crippen LogP contribution in [-0.4, -0.2) is 45.0 Å². The van der Waals surface area contributed by atoms with Crippen molar-refractivity contribution in [1.82, 2.24) is 4.90 Å². The van der Waals surface area contributed by atoms with E-state index < -0.39 is 10.0 Å². The number of ether oxygens (including phenoxy) is 1. The summed E-state index contributed by atoms with van der Waals surface area (Å²) in [6.45, 7) is 5.31. The monoisotopic (exact) mass is 312 g/mol. The molecule has 1 amide bonds. The first-order valence-corrected chi connectivity index (χ1v) is 8.42. The Balaban J connectivity index is 2.30. The predicted molar refractivity (Wildman–Crippen MR) is 78.5 cm³/mol. The number of nitrogens with zero attached hydrogens (tertiary/aromatic N) is 1. The summed E-state index contributed by atoms with van der Waals surface area (Å²) in [5, 5.41) is 5.13. The average Bonchev–Trinajstić information content (AvgIpc) is 2.46. The molecule has 1 atom stereocenters. The van der Waals surface area contributed by atoms with Gasteiger partial charge in [0.05, 0.1) is 17.6 Å². The summed E-state index contributed by atoms with van der Waals surface area (Å²) in [5.41, 5.74) is 1.10. The lowest BCUT2D eigenvalue weighted by Gasteiger charge is -2.33. The van der Waals surface area contributed by atoms with Crippen molar-refractivity contribution in [2.45, 2.75) is 31.3 Å². The summed E-state index contributed by atoms with van der Waals surface area (Å²) >= 11 is 0. The lowest BCUT2D eigenvalue weighted by atomic mass is 10.1. The molecule has 0 saturated carbocycles. The van der Waals surface area contributed by atoms with E-state index in [1.807, 2.05) is 6.92 Å². The van der Waals surface area contributed by atoms with Crippen LogP contribution in [0.2, 0.25) is 0 Å². The molecule has 0 spiro atoms. The van der Waals surface area contributed by atoms with Crippen LogP contribution >= 0.6 is 0 Å². The number of benzene rings is 1. The van der Waals surface area contributed by atoms with E-state index in [-0.39, 0.29) is 16.9 Å². The van der Waals surface area contributed by atoms with Crippen molar-refractivity contribution in [3.8, 4) is 0 Å². The van der Waals surface area contributed by atoms with Gasteiger partial charge in [0.15, 0.2) is 0 Å². The Kier molecular flexibility index (Phi) is 4.65. The maximum Gasteiger partial charge on any atom is 0.254 e. The predicted octanol–water partition coefficient (Wildman–Crippen LogP) is 0.893. The molecular weight excluding hydrogens is 292 g/mol. The highest BCUT2D eigenvalue weighted by Crippen LogP contribution is 2.18. The third-order valence-electron chi connectivity index (χ3n) is 3.65. The van der Waals surface area contributed by atoms with Gasteiger partial charge in [-0.1, -0.05) is 13.0 Å². The number of nitrogens with two attached hydrogens (primary N) is 1. The van der Waals surface area contributed by atoms with Crippen LogP contribution in [0.15, 0.2) is 23.1 Å². The van der Waals surface area contributed by atoms with Gasteiger partial charge in [-0.25, -0.2) is 13.6 Å². The third kappa shape index (κ3) is 3.61. The number of hydrogen-bond donors (Lipinski definition) is 1. The molecule has 2 N–H and O–H groups in total. The molecule has 0 unspecified atom stereocenters. The number of primary sulfonamides is 1. The van der Waals surface area contributed by atoms with E-state index in [1.165, 1.54) is 12.1 Å². The first kappa shape index (κ1) is 15.9. The number of rotatable bonds is 3. The highest BCUT2D eigenvalue weighted by Gasteiger charge is 2.25. The van der Waals surface area contributed by atoms with E-state index in [9.17, 15) is 13.2 Å². The quantitative estimate of drug-likeness (QED) is 0.897. The number of morpholine rings is 1. The maximum atomic E-state index is 12.6. The summed E-state index contributed by atoms with van der Waals surface area (Å²) in [6, 6.07) is 4.36. The second-order valence-electron chi connectivity index (χ2n) is 5.17. The lowest BCUT2D eigenvalue weighted by Crippen LogP contribution is -2.45. The zero-order valence-corrected chi connectivity index (χ0v) is 13.0. The molecule has 1 aromatic carbocycles. The molecule has 1 aliphatic heterocycles. The summed E-state index contributed by atoms with van der Waals surface area (Å²) < 4.78 is 28.4. The second kappa shape index (κ2) is 6.13. The Morgan fingerprint density at radius 2 is 2.19 bits per heavy atom. The van der Waals surface area contributed by atoms with E-state index in [0.717, 1.165) is 12.0 Å². The lowest BCUT2D eigenvalue weighted by molar-refractivity contribution is -0.0226. The van der Waals surface area contributed by atoms with Crippen molar-refractivity contribution < 1.29 is 17.9 Å². The Morgan fingerprint density at radius 1 is 1.48 bits per heavy atom. The minimum atomic E-state index is -3.82. The van der Waals surface area contributed by atoms with E-state index in [4.69, 9.17) is 9.88 Å². The molecule has 0 aliphatic carbocycles. The van der Waals surface area contributed by atoms with Gasteiger partial charge in [-0.15, -0.1) is 0 Å². The van der Waals surface area contributed by atoms with Crippen molar-refractivity contribution in [3.05, 3.63) is 29.3 Å². The number of sulfonamides is 1. The van der Waals surface area contributed by atoms with Gasteiger partial charge in [0.2, 0.25) is 10.0 Å². The Labute approximate surface area is 124 Å². The molecule has 1 aliphatic rings. The van der Waals surface area contributed by atoms with Crippen LogP contribution in [0.4, 0.5) is 0 Å². The molecule has 6 nitrogen and oxygen atoms in total. The zero-order valence-electron chi connectivity index (χ0n) is 12.2. The highest BCUT2D eigenvalue weighted by molar-refractivity contribution is 7.89. The van der Waals surface area contributed by atoms with Gasteiger partial charge in [-0.05, 0) is 31.0 Å². The largest absolute Gasteiger partial charge is 0.375 e. The Morgan fingerprint density at radius 3 is 2.81 bits per heavy atom. The molecule has 2 rings (SSSR count). The van der Waals surface area contributed by atoms with Gasteiger partial charge in [0, 0.05) is 18.7 Å². The molecule has 1 fully saturated rings. The SMILES string of the molecule is CC[C@@H]1CN(C(=O)c2cc(S(N)(=O)=O)ccc2C)CCO1. The normalized spacial score (nSPS) is 19.6. The molecule has 1 heterocycles. The van der Waals surface area contributed by atoms with E-state index in [0.29, 0.717) is 25.3 Å². The molecule has 1 aromatic rings. The van der Waals surface area contributed by atoms with Crippen LogP contribution in [0.3, 0.4) is 0 Å². The molecule has 7 heteroatoms. The Bertz CT molecular complexity index is 642.